The summed E-state index contributed by atoms with van der Waals surface area (Å²) in [6.07, 6.45) is 3.87. The molecule has 1 saturated heterocycles. The van der Waals surface area contributed by atoms with Gasteiger partial charge in [0.25, 0.3) is 0 Å². The molecule has 1 N–H and O–H groups in total. The molecule has 1 aliphatic carbocycles. The van der Waals surface area contributed by atoms with Gasteiger partial charge < -0.3 is 19.7 Å². The van der Waals surface area contributed by atoms with Crippen molar-refractivity contribution in [3.05, 3.63) is 35.9 Å². The van der Waals surface area contributed by atoms with Gasteiger partial charge >= 0.3 is 12.2 Å². The van der Waals surface area contributed by atoms with E-state index in [4.69, 9.17) is 9.47 Å². The number of alkyl carbamates (subject to hydrolysis) is 1. The van der Waals surface area contributed by atoms with Gasteiger partial charge in [0.1, 0.15) is 12.2 Å². The molecule has 1 spiro atoms. The van der Waals surface area contributed by atoms with Crippen LogP contribution in [0.4, 0.5) is 9.59 Å². The molecule has 0 aromatic heterocycles. The zero-order valence-corrected chi connectivity index (χ0v) is 20.1. The fourth-order valence-electron chi connectivity index (χ4n) is 4.77. The van der Waals surface area contributed by atoms with E-state index in [1.54, 1.807) is 0 Å². The number of carbonyl (C=O) groups excluding carboxylic acids is 2. The number of nitrogens with zero attached hydrogens (tertiary/aromatic N) is 2. The Labute approximate surface area is 192 Å². The molecule has 3 rings (SSSR count). The third kappa shape index (κ3) is 6.86. The topological polar surface area (TPSA) is 71.1 Å². The summed E-state index contributed by atoms with van der Waals surface area (Å²) < 4.78 is 10.8. The van der Waals surface area contributed by atoms with Gasteiger partial charge in [0.05, 0.1) is 0 Å². The maximum Gasteiger partial charge on any atom is 0.410 e. The predicted molar refractivity (Wildman–Crippen MR) is 124 cm³/mol. The lowest BCUT2D eigenvalue weighted by Crippen LogP contribution is -2.56. The van der Waals surface area contributed by atoms with Crippen LogP contribution in [0.1, 0.15) is 58.9 Å². The molecule has 7 heteroatoms. The summed E-state index contributed by atoms with van der Waals surface area (Å²) in [5.41, 5.74) is 0.895. The second-order valence-corrected chi connectivity index (χ2v) is 10.1. The molecule has 1 aromatic carbocycles. The number of benzene rings is 1. The van der Waals surface area contributed by atoms with Gasteiger partial charge in [-0.25, -0.2) is 9.59 Å². The molecule has 2 amide bonds. The van der Waals surface area contributed by atoms with Gasteiger partial charge in [-0.2, -0.15) is 0 Å². The quantitative estimate of drug-likeness (QED) is 0.673. The number of ether oxygens (including phenoxy) is 2. The zero-order valence-electron chi connectivity index (χ0n) is 20.1. The molecule has 178 valence electrons. The van der Waals surface area contributed by atoms with Crippen molar-refractivity contribution in [3.63, 3.8) is 0 Å². The average molecular weight is 446 g/mol. The van der Waals surface area contributed by atoms with Crippen molar-refractivity contribution in [1.82, 2.24) is 15.1 Å². The van der Waals surface area contributed by atoms with Crippen molar-refractivity contribution in [2.45, 2.75) is 71.6 Å². The summed E-state index contributed by atoms with van der Waals surface area (Å²) in [5, 5.41) is 2.87. The van der Waals surface area contributed by atoms with E-state index >= 15 is 0 Å². The zero-order chi connectivity index (χ0) is 23.2. The molecule has 1 aromatic rings. The van der Waals surface area contributed by atoms with Gasteiger partial charge in [-0.05, 0) is 64.0 Å². The van der Waals surface area contributed by atoms with Crippen LogP contribution in [-0.2, 0) is 16.1 Å². The number of hydrogen-bond acceptors (Lipinski definition) is 5. The van der Waals surface area contributed by atoms with Gasteiger partial charge in [-0.15, -0.1) is 0 Å². The van der Waals surface area contributed by atoms with Crippen molar-refractivity contribution in [3.8, 4) is 0 Å². The Bertz CT molecular complexity index is 746. The van der Waals surface area contributed by atoms with E-state index in [1.807, 2.05) is 56.0 Å². The standard InChI is InChI=1S/C25H39N3O4/c1-5-27(16-13-26-22(29)31-19-20-9-7-6-8-10-20)21-17-25(18-21)11-14-28(15-12-25)23(30)32-24(2,3)4/h6-10,21H,5,11-19H2,1-4H3,(H,26,29). The molecule has 0 bridgehead atoms. The minimum absolute atomic E-state index is 0.191. The summed E-state index contributed by atoms with van der Waals surface area (Å²) in [7, 11) is 0. The summed E-state index contributed by atoms with van der Waals surface area (Å²) in [4.78, 5) is 28.6. The Kier molecular flexibility index (Phi) is 8.04. The molecule has 1 saturated carbocycles. The SMILES string of the molecule is CCN(CCNC(=O)OCc1ccccc1)C1CC2(CCN(C(=O)OC(C)(C)C)CC2)C1. The molecule has 1 aliphatic heterocycles. The Morgan fingerprint density at radius 2 is 1.81 bits per heavy atom. The highest BCUT2D eigenvalue weighted by molar-refractivity contribution is 5.68. The van der Waals surface area contributed by atoms with Crippen LogP contribution in [0.25, 0.3) is 0 Å². The van der Waals surface area contributed by atoms with Gasteiger partial charge in [0, 0.05) is 32.2 Å². The van der Waals surface area contributed by atoms with Gasteiger partial charge in [0.2, 0.25) is 0 Å². The van der Waals surface area contributed by atoms with Crippen LogP contribution in [0.5, 0.6) is 0 Å². The Hall–Kier alpha value is -2.28. The monoisotopic (exact) mass is 445 g/mol. The number of rotatable bonds is 7. The number of carbonyl (C=O) groups is 2. The van der Waals surface area contributed by atoms with E-state index in [0.717, 1.165) is 44.6 Å². The maximum absolute atomic E-state index is 12.3. The lowest BCUT2D eigenvalue weighted by molar-refractivity contribution is -0.0463. The lowest BCUT2D eigenvalue weighted by atomic mass is 9.60. The largest absolute Gasteiger partial charge is 0.445 e. The van der Waals surface area contributed by atoms with Gasteiger partial charge in [-0.1, -0.05) is 37.3 Å². The molecule has 1 heterocycles. The van der Waals surface area contributed by atoms with E-state index in [-0.39, 0.29) is 18.8 Å². The summed E-state index contributed by atoms with van der Waals surface area (Å²) in [5.74, 6) is 0. The van der Waals surface area contributed by atoms with Crippen LogP contribution in [-0.4, -0.2) is 66.4 Å². The van der Waals surface area contributed by atoms with Crippen LogP contribution < -0.4 is 5.32 Å². The first-order valence-electron chi connectivity index (χ1n) is 11.9. The first-order valence-corrected chi connectivity index (χ1v) is 11.9. The first kappa shape index (κ1) is 24.4. The van der Waals surface area contributed by atoms with Crippen LogP contribution in [0.3, 0.4) is 0 Å². The van der Waals surface area contributed by atoms with Crippen LogP contribution in [0.2, 0.25) is 0 Å². The molecule has 2 fully saturated rings. The smallest absolute Gasteiger partial charge is 0.410 e. The Morgan fingerprint density at radius 3 is 2.41 bits per heavy atom. The van der Waals surface area contributed by atoms with Gasteiger partial charge in [-0.3, -0.25) is 4.90 Å². The van der Waals surface area contributed by atoms with Gasteiger partial charge in [0.15, 0.2) is 0 Å². The molecule has 0 unspecified atom stereocenters. The van der Waals surface area contributed by atoms with Crippen molar-refractivity contribution < 1.29 is 19.1 Å². The average Bonchev–Trinajstić information content (AvgIpc) is 2.73. The van der Waals surface area contributed by atoms with Crippen molar-refractivity contribution in [2.75, 3.05) is 32.7 Å². The Balaban J connectivity index is 1.33. The maximum atomic E-state index is 12.3. The number of piperidine rings is 1. The predicted octanol–water partition coefficient (Wildman–Crippen LogP) is 4.41. The lowest BCUT2D eigenvalue weighted by Gasteiger charge is -2.55. The number of hydrogen-bond donors (Lipinski definition) is 1. The molecule has 0 radical (unpaired) electrons. The van der Waals surface area contributed by atoms with Crippen molar-refractivity contribution >= 4 is 12.2 Å². The summed E-state index contributed by atoms with van der Waals surface area (Å²) in [6, 6.07) is 10.2. The normalized spacial score (nSPS) is 18.3. The molecular weight excluding hydrogens is 406 g/mol. The highest BCUT2D eigenvalue weighted by atomic mass is 16.6. The van der Waals surface area contributed by atoms with Crippen LogP contribution >= 0.6 is 0 Å². The number of likely N-dealkylation sites (N-methyl/N-ethyl adjacent to an activating group) is 1. The van der Waals surface area contributed by atoms with Crippen LogP contribution in [0, 0.1) is 5.41 Å². The molecular formula is C25H39N3O4. The van der Waals surface area contributed by atoms with Crippen molar-refractivity contribution in [2.24, 2.45) is 5.41 Å². The fourth-order valence-corrected chi connectivity index (χ4v) is 4.77. The van der Waals surface area contributed by atoms with E-state index < -0.39 is 5.60 Å². The van der Waals surface area contributed by atoms with Crippen molar-refractivity contribution in [1.29, 1.82) is 0 Å². The molecule has 0 atom stereocenters. The van der Waals surface area contributed by atoms with E-state index in [1.165, 1.54) is 12.8 Å². The number of amides is 2. The Morgan fingerprint density at radius 1 is 1.16 bits per heavy atom. The number of nitrogens with one attached hydrogen (secondary N) is 1. The molecule has 32 heavy (non-hydrogen) atoms. The van der Waals surface area contributed by atoms with E-state index in [9.17, 15) is 9.59 Å². The second-order valence-electron chi connectivity index (χ2n) is 10.1. The first-order chi connectivity index (χ1) is 15.2. The second kappa shape index (κ2) is 10.6. The summed E-state index contributed by atoms with van der Waals surface area (Å²) in [6.45, 7) is 12.1. The minimum atomic E-state index is -0.447. The third-order valence-electron chi connectivity index (χ3n) is 6.62. The minimum Gasteiger partial charge on any atom is -0.445 e. The summed E-state index contributed by atoms with van der Waals surface area (Å²) >= 11 is 0. The highest BCUT2D eigenvalue weighted by Crippen LogP contribution is 2.50. The fraction of sp³-hybridized carbons (Fsp3) is 0.680. The highest BCUT2D eigenvalue weighted by Gasteiger charge is 2.48. The van der Waals surface area contributed by atoms with E-state index in [0.29, 0.717) is 18.0 Å². The van der Waals surface area contributed by atoms with E-state index in [2.05, 4.69) is 17.1 Å². The van der Waals surface area contributed by atoms with Crippen LogP contribution in [0.15, 0.2) is 30.3 Å². The molecule has 7 nitrogen and oxygen atoms in total. The molecule has 2 aliphatic rings. The number of likely N-dealkylation sites (tertiary alicyclic amines) is 1. The third-order valence-corrected chi connectivity index (χ3v) is 6.62.